The van der Waals surface area contributed by atoms with Crippen molar-refractivity contribution in [1.29, 1.82) is 0 Å². The summed E-state index contributed by atoms with van der Waals surface area (Å²) in [4.78, 5) is 12.9. The first-order valence-corrected chi connectivity index (χ1v) is 6.55. The van der Waals surface area contributed by atoms with Gasteiger partial charge in [-0.1, -0.05) is 12.1 Å². The van der Waals surface area contributed by atoms with Gasteiger partial charge in [-0.25, -0.2) is 0 Å². The Morgan fingerprint density at radius 3 is 2.95 bits per heavy atom. The van der Waals surface area contributed by atoms with Crippen LogP contribution in [0.1, 0.15) is 17.5 Å². The van der Waals surface area contributed by atoms with E-state index in [1.807, 2.05) is 12.1 Å². The van der Waals surface area contributed by atoms with Gasteiger partial charge in [-0.2, -0.15) is 0 Å². The minimum Gasteiger partial charge on any atom is -0.493 e. The number of aliphatic hydroxyl groups is 2. The molecule has 102 valence electrons. The topological polar surface area (TPSA) is 70.0 Å². The molecular formula is C14H17NO4. The fraction of sp³-hybridized carbons (Fsp3) is 0.500. The van der Waals surface area contributed by atoms with Crippen LogP contribution in [0.3, 0.4) is 0 Å². The third-order valence-corrected chi connectivity index (χ3v) is 3.76. The minimum atomic E-state index is -1.06. The Balaban J connectivity index is 1.65. The standard InChI is InChI=1S/C14H17NO4/c16-11-8-13(17)15(14(11)18)5-3-9-1-2-12-10(7-9)4-6-19-12/h1-2,7,11,14,16,18H,3-6,8H2. The molecule has 0 radical (unpaired) electrons. The van der Waals surface area contributed by atoms with E-state index in [0.29, 0.717) is 13.0 Å². The lowest BCUT2D eigenvalue weighted by molar-refractivity contribution is -0.133. The predicted molar refractivity (Wildman–Crippen MR) is 67.7 cm³/mol. The lowest BCUT2D eigenvalue weighted by Gasteiger charge is -2.21. The molecule has 1 fully saturated rings. The normalized spacial score (nSPS) is 25.6. The molecule has 2 atom stereocenters. The molecule has 2 aliphatic heterocycles. The van der Waals surface area contributed by atoms with Gasteiger partial charge in [0.15, 0.2) is 6.23 Å². The Bertz CT molecular complexity index is 502. The van der Waals surface area contributed by atoms with Crippen molar-refractivity contribution in [2.45, 2.75) is 31.6 Å². The summed E-state index contributed by atoms with van der Waals surface area (Å²) < 4.78 is 5.44. The van der Waals surface area contributed by atoms with Crippen LogP contribution in [-0.4, -0.2) is 46.5 Å². The maximum atomic E-state index is 11.6. The second-order valence-electron chi connectivity index (χ2n) is 5.06. The number of fused-ring (bicyclic) bond motifs is 1. The van der Waals surface area contributed by atoms with Gasteiger partial charge >= 0.3 is 0 Å². The monoisotopic (exact) mass is 263 g/mol. The molecule has 3 rings (SSSR count). The molecule has 2 aliphatic rings. The average molecular weight is 263 g/mol. The summed E-state index contributed by atoms with van der Waals surface area (Å²) in [5, 5.41) is 19.1. The van der Waals surface area contributed by atoms with E-state index < -0.39 is 12.3 Å². The highest BCUT2D eigenvalue weighted by Crippen LogP contribution is 2.26. The number of carbonyl (C=O) groups is 1. The van der Waals surface area contributed by atoms with E-state index in [9.17, 15) is 15.0 Å². The van der Waals surface area contributed by atoms with Crippen LogP contribution in [0.2, 0.25) is 0 Å². The summed E-state index contributed by atoms with van der Waals surface area (Å²) >= 11 is 0. The molecule has 1 aromatic rings. The summed E-state index contributed by atoms with van der Waals surface area (Å²) in [7, 11) is 0. The molecular weight excluding hydrogens is 246 g/mol. The number of aliphatic hydroxyl groups excluding tert-OH is 2. The molecule has 0 aromatic heterocycles. The lowest BCUT2D eigenvalue weighted by atomic mass is 10.1. The predicted octanol–water partition coefficient (Wildman–Crippen LogP) is 0.0756. The Labute approximate surface area is 111 Å². The zero-order valence-corrected chi connectivity index (χ0v) is 10.6. The maximum absolute atomic E-state index is 11.6. The first-order valence-electron chi connectivity index (χ1n) is 6.55. The molecule has 1 saturated heterocycles. The van der Waals surface area contributed by atoms with Crippen LogP contribution in [-0.2, 0) is 17.6 Å². The highest BCUT2D eigenvalue weighted by atomic mass is 16.5. The highest BCUT2D eigenvalue weighted by Gasteiger charge is 2.36. The van der Waals surface area contributed by atoms with Crippen molar-refractivity contribution in [3.63, 3.8) is 0 Å². The molecule has 2 unspecified atom stereocenters. The molecule has 0 saturated carbocycles. The van der Waals surface area contributed by atoms with Crippen LogP contribution in [0.4, 0.5) is 0 Å². The Morgan fingerprint density at radius 2 is 2.21 bits per heavy atom. The van der Waals surface area contributed by atoms with Crippen molar-refractivity contribution in [1.82, 2.24) is 4.90 Å². The van der Waals surface area contributed by atoms with Gasteiger partial charge in [0.1, 0.15) is 11.9 Å². The van der Waals surface area contributed by atoms with Crippen molar-refractivity contribution >= 4 is 5.91 Å². The quantitative estimate of drug-likeness (QED) is 0.810. The van der Waals surface area contributed by atoms with E-state index in [4.69, 9.17) is 4.74 Å². The molecule has 2 heterocycles. The molecule has 1 aromatic carbocycles. The fourth-order valence-electron chi connectivity index (χ4n) is 2.66. The molecule has 2 N–H and O–H groups in total. The van der Waals surface area contributed by atoms with Gasteiger partial charge in [-0.3, -0.25) is 4.79 Å². The van der Waals surface area contributed by atoms with E-state index >= 15 is 0 Å². The highest BCUT2D eigenvalue weighted by molar-refractivity contribution is 5.79. The number of ether oxygens (including phenoxy) is 1. The van der Waals surface area contributed by atoms with Gasteiger partial charge in [0.2, 0.25) is 5.91 Å². The van der Waals surface area contributed by atoms with Crippen molar-refractivity contribution in [3.8, 4) is 5.75 Å². The van der Waals surface area contributed by atoms with Crippen LogP contribution in [0.25, 0.3) is 0 Å². The second kappa shape index (κ2) is 4.83. The van der Waals surface area contributed by atoms with Crippen LogP contribution >= 0.6 is 0 Å². The average Bonchev–Trinajstić information content (AvgIpc) is 2.94. The molecule has 19 heavy (non-hydrogen) atoms. The zero-order chi connectivity index (χ0) is 13.4. The molecule has 0 spiro atoms. The number of likely N-dealkylation sites (tertiary alicyclic amines) is 1. The van der Waals surface area contributed by atoms with Gasteiger partial charge in [0.05, 0.1) is 13.0 Å². The number of nitrogens with zero attached hydrogens (tertiary/aromatic N) is 1. The third-order valence-electron chi connectivity index (χ3n) is 3.76. The Hall–Kier alpha value is -1.59. The lowest BCUT2D eigenvalue weighted by Crippen LogP contribution is -2.38. The third kappa shape index (κ3) is 2.31. The van der Waals surface area contributed by atoms with Crippen LogP contribution < -0.4 is 4.74 Å². The van der Waals surface area contributed by atoms with Crippen LogP contribution in [0, 0.1) is 0 Å². The first kappa shape index (κ1) is 12.4. The summed E-state index contributed by atoms with van der Waals surface area (Å²) in [5.74, 6) is 0.751. The summed E-state index contributed by atoms with van der Waals surface area (Å²) in [6.45, 7) is 1.16. The van der Waals surface area contributed by atoms with Gasteiger partial charge in [-0.05, 0) is 23.6 Å². The maximum Gasteiger partial charge on any atom is 0.227 e. The smallest absolute Gasteiger partial charge is 0.227 e. The number of hydrogen-bond donors (Lipinski definition) is 2. The van der Waals surface area contributed by atoms with Gasteiger partial charge in [-0.15, -0.1) is 0 Å². The zero-order valence-electron chi connectivity index (χ0n) is 10.6. The number of hydrogen-bond acceptors (Lipinski definition) is 4. The van der Waals surface area contributed by atoms with E-state index in [0.717, 1.165) is 24.3 Å². The molecule has 5 nitrogen and oxygen atoms in total. The van der Waals surface area contributed by atoms with E-state index in [1.54, 1.807) is 0 Å². The van der Waals surface area contributed by atoms with E-state index in [2.05, 4.69) is 6.07 Å². The summed E-state index contributed by atoms with van der Waals surface area (Å²) in [5.41, 5.74) is 2.32. The van der Waals surface area contributed by atoms with Crippen LogP contribution in [0.15, 0.2) is 18.2 Å². The second-order valence-corrected chi connectivity index (χ2v) is 5.06. The largest absolute Gasteiger partial charge is 0.493 e. The molecule has 0 bridgehead atoms. The number of carbonyl (C=O) groups excluding carboxylic acids is 1. The number of benzene rings is 1. The number of amides is 1. The van der Waals surface area contributed by atoms with Crippen molar-refractivity contribution in [3.05, 3.63) is 29.3 Å². The van der Waals surface area contributed by atoms with Gasteiger partial charge in [0.25, 0.3) is 0 Å². The Kier molecular flexibility index (Phi) is 3.16. The van der Waals surface area contributed by atoms with Crippen molar-refractivity contribution in [2.75, 3.05) is 13.2 Å². The van der Waals surface area contributed by atoms with Crippen molar-refractivity contribution < 1.29 is 19.7 Å². The van der Waals surface area contributed by atoms with Gasteiger partial charge in [0, 0.05) is 13.0 Å². The van der Waals surface area contributed by atoms with Crippen molar-refractivity contribution in [2.24, 2.45) is 0 Å². The van der Waals surface area contributed by atoms with Gasteiger partial charge < -0.3 is 19.8 Å². The molecule has 5 heteroatoms. The summed E-state index contributed by atoms with van der Waals surface area (Å²) in [6, 6.07) is 6.02. The van der Waals surface area contributed by atoms with E-state index in [1.165, 1.54) is 10.5 Å². The van der Waals surface area contributed by atoms with Crippen LogP contribution in [0.5, 0.6) is 5.75 Å². The summed E-state index contributed by atoms with van der Waals surface area (Å²) in [6.07, 6.45) is -0.416. The molecule has 1 amide bonds. The Morgan fingerprint density at radius 1 is 1.37 bits per heavy atom. The fourth-order valence-corrected chi connectivity index (χ4v) is 2.66. The first-order chi connectivity index (χ1) is 9.15. The molecule has 0 aliphatic carbocycles. The number of rotatable bonds is 3. The SMILES string of the molecule is O=C1CC(O)C(O)N1CCc1ccc2c(c1)CCO2. The van der Waals surface area contributed by atoms with E-state index in [-0.39, 0.29) is 12.3 Å². The minimum absolute atomic E-state index is 0.0131.